The summed E-state index contributed by atoms with van der Waals surface area (Å²) < 4.78 is 0. The van der Waals surface area contributed by atoms with Crippen molar-refractivity contribution < 1.29 is 29.4 Å². The van der Waals surface area contributed by atoms with Crippen LogP contribution in [0.4, 0.5) is 11.4 Å². The maximum Gasteiger partial charge on any atom is 0.336 e. The van der Waals surface area contributed by atoms with Gasteiger partial charge in [0, 0.05) is 28.0 Å². The number of aromatic amines is 1. The van der Waals surface area contributed by atoms with Crippen molar-refractivity contribution in [2.75, 3.05) is 10.6 Å². The van der Waals surface area contributed by atoms with Gasteiger partial charge in [-0.05, 0) is 66.4 Å². The Balaban J connectivity index is 1.46. The minimum Gasteiger partial charge on any atom is -0.478 e. The normalized spacial score (nSPS) is 11.6. The Kier molecular flexibility index (Phi) is 7.59. The number of carboxylic acids is 2. The number of benzene rings is 3. The van der Waals surface area contributed by atoms with Crippen molar-refractivity contribution >= 4 is 57.8 Å². The van der Waals surface area contributed by atoms with Crippen LogP contribution in [0.25, 0.3) is 10.9 Å². The van der Waals surface area contributed by atoms with Gasteiger partial charge in [-0.25, -0.2) is 9.59 Å². The number of aromatic carboxylic acids is 2. The van der Waals surface area contributed by atoms with Gasteiger partial charge < -0.3 is 25.8 Å². The van der Waals surface area contributed by atoms with E-state index in [1.165, 1.54) is 23.9 Å². The van der Waals surface area contributed by atoms with Crippen LogP contribution in [0.5, 0.6) is 0 Å². The number of nitrogens with one attached hydrogen (secondary N) is 3. The van der Waals surface area contributed by atoms with Crippen molar-refractivity contribution in [2.24, 2.45) is 0 Å². The lowest BCUT2D eigenvalue weighted by Crippen LogP contribution is -2.24. The summed E-state index contributed by atoms with van der Waals surface area (Å²) in [6.07, 6.45) is 2.40. The van der Waals surface area contributed by atoms with E-state index in [2.05, 4.69) is 15.6 Å². The van der Waals surface area contributed by atoms with Crippen LogP contribution < -0.4 is 10.6 Å². The van der Waals surface area contributed by atoms with Gasteiger partial charge in [-0.1, -0.05) is 19.1 Å². The van der Waals surface area contributed by atoms with Gasteiger partial charge in [0.1, 0.15) is 0 Å². The molecule has 188 valence electrons. The number of aromatic nitrogens is 1. The Morgan fingerprint density at radius 3 is 2.38 bits per heavy atom. The van der Waals surface area contributed by atoms with E-state index < -0.39 is 28.7 Å². The maximum atomic E-state index is 12.9. The average molecular weight is 518 g/mol. The van der Waals surface area contributed by atoms with E-state index in [1.54, 1.807) is 18.2 Å². The quantitative estimate of drug-likeness (QED) is 0.189. The Bertz CT molecular complexity index is 1510. The van der Waals surface area contributed by atoms with Crippen molar-refractivity contribution in [3.8, 4) is 0 Å². The molecule has 9 nitrogen and oxygen atoms in total. The van der Waals surface area contributed by atoms with E-state index in [0.717, 1.165) is 21.9 Å². The predicted molar refractivity (Wildman–Crippen MR) is 142 cm³/mol. The van der Waals surface area contributed by atoms with Crippen LogP contribution in [-0.2, 0) is 4.79 Å². The number of thioether (sulfide) groups is 1. The molecule has 0 saturated heterocycles. The summed E-state index contributed by atoms with van der Waals surface area (Å²) in [5, 5.41) is 24.8. The van der Waals surface area contributed by atoms with Crippen LogP contribution in [0.15, 0.2) is 77.8 Å². The molecule has 3 aromatic carbocycles. The summed E-state index contributed by atoms with van der Waals surface area (Å²) in [6, 6.07) is 17.7. The van der Waals surface area contributed by atoms with Gasteiger partial charge in [0.15, 0.2) is 0 Å². The fourth-order valence-corrected chi connectivity index (χ4v) is 4.75. The lowest BCUT2D eigenvalue weighted by molar-refractivity contribution is -0.115. The lowest BCUT2D eigenvalue weighted by Gasteiger charge is -2.16. The van der Waals surface area contributed by atoms with E-state index >= 15 is 0 Å². The molecule has 1 atom stereocenters. The van der Waals surface area contributed by atoms with Crippen LogP contribution in [-0.4, -0.2) is 44.2 Å². The third kappa shape index (κ3) is 5.99. The molecule has 0 aliphatic carbocycles. The number of hydrogen-bond acceptors (Lipinski definition) is 5. The topological polar surface area (TPSA) is 149 Å². The van der Waals surface area contributed by atoms with E-state index in [9.17, 15) is 24.3 Å². The molecule has 0 aliphatic rings. The van der Waals surface area contributed by atoms with Gasteiger partial charge >= 0.3 is 11.9 Å². The van der Waals surface area contributed by atoms with Gasteiger partial charge in [-0.3, -0.25) is 9.59 Å². The molecule has 37 heavy (non-hydrogen) atoms. The Hall–Kier alpha value is -4.57. The molecule has 5 N–H and O–H groups in total. The first kappa shape index (κ1) is 25.5. The molecule has 0 saturated carbocycles. The number of amides is 2. The number of carboxylic acid groups (broad SMARTS) is 2. The molecule has 1 heterocycles. The molecule has 4 aromatic rings. The molecule has 0 bridgehead atoms. The highest BCUT2D eigenvalue weighted by atomic mass is 32.2. The minimum atomic E-state index is -1.41. The number of hydrogen-bond donors (Lipinski definition) is 5. The molecular weight excluding hydrogens is 494 g/mol. The molecule has 0 aliphatic heterocycles. The molecule has 2 amide bonds. The Morgan fingerprint density at radius 1 is 0.865 bits per heavy atom. The molecule has 1 aromatic heterocycles. The van der Waals surface area contributed by atoms with Crippen LogP contribution in [0.3, 0.4) is 0 Å². The molecule has 0 radical (unpaired) electrons. The second-order valence-corrected chi connectivity index (χ2v) is 9.41. The molecule has 4 rings (SSSR count). The SMILES string of the molecule is CCC(Sc1cccc(NC(=O)c2ccc(C(=O)O)cc2C(=O)O)c1)C(=O)Nc1ccc2cc[nH]c2c1. The summed E-state index contributed by atoms with van der Waals surface area (Å²) in [6.45, 7) is 1.91. The lowest BCUT2D eigenvalue weighted by atomic mass is 10.0. The summed E-state index contributed by atoms with van der Waals surface area (Å²) in [5.41, 5.74) is 1.20. The number of carbonyl (C=O) groups is 4. The third-order valence-corrected chi connectivity index (χ3v) is 6.96. The summed E-state index contributed by atoms with van der Waals surface area (Å²) in [5.74, 6) is -3.55. The predicted octanol–water partition coefficient (Wildman–Crippen LogP) is 5.33. The van der Waals surface area contributed by atoms with Gasteiger partial charge in [0.05, 0.1) is 21.9 Å². The first-order chi connectivity index (χ1) is 17.7. The zero-order chi connectivity index (χ0) is 26.5. The number of rotatable bonds is 9. The number of carbonyl (C=O) groups excluding carboxylic acids is 2. The van der Waals surface area contributed by atoms with Crippen LogP contribution in [0, 0.1) is 0 Å². The van der Waals surface area contributed by atoms with E-state index in [1.807, 2.05) is 43.5 Å². The monoisotopic (exact) mass is 517 g/mol. The minimum absolute atomic E-state index is 0.155. The van der Waals surface area contributed by atoms with Gasteiger partial charge in [0.2, 0.25) is 5.91 Å². The molecule has 10 heteroatoms. The fourth-order valence-electron chi connectivity index (χ4n) is 3.73. The molecular formula is C27H23N3O6S. The molecule has 0 fully saturated rings. The number of H-pyrrole nitrogens is 1. The van der Waals surface area contributed by atoms with Gasteiger partial charge in [-0.2, -0.15) is 0 Å². The molecule has 0 spiro atoms. The summed E-state index contributed by atoms with van der Waals surface area (Å²) in [7, 11) is 0. The average Bonchev–Trinajstić information content (AvgIpc) is 3.35. The van der Waals surface area contributed by atoms with Crippen molar-refractivity contribution in [3.05, 3.63) is 89.6 Å². The third-order valence-electron chi connectivity index (χ3n) is 5.60. The van der Waals surface area contributed by atoms with Crippen LogP contribution in [0.2, 0.25) is 0 Å². The number of fused-ring (bicyclic) bond motifs is 1. The van der Waals surface area contributed by atoms with Gasteiger partial charge in [0.25, 0.3) is 5.91 Å². The van der Waals surface area contributed by atoms with Crippen molar-refractivity contribution in [2.45, 2.75) is 23.5 Å². The highest BCUT2D eigenvalue weighted by Gasteiger charge is 2.21. The summed E-state index contributed by atoms with van der Waals surface area (Å²) >= 11 is 1.34. The van der Waals surface area contributed by atoms with E-state index in [0.29, 0.717) is 17.8 Å². The Labute approximate surface area is 215 Å². The van der Waals surface area contributed by atoms with Crippen molar-refractivity contribution in [1.29, 1.82) is 0 Å². The Morgan fingerprint density at radius 2 is 1.65 bits per heavy atom. The van der Waals surface area contributed by atoms with Crippen LogP contribution >= 0.6 is 11.8 Å². The zero-order valence-electron chi connectivity index (χ0n) is 19.6. The van der Waals surface area contributed by atoms with E-state index in [4.69, 9.17) is 5.11 Å². The maximum absolute atomic E-state index is 12.9. The first-order valence-corrected chi connectivity index (χ1v) is 12.2. The molecule has 1 unspecified atom stereocenters. The van der Waals surface area contributed by atoms with Crippen molar-refractivity contribution in [1.82, 2.24) is 4.98 Å². The zero-order valence-corrected chi connectivity index (χ0v) is 20.5. The smallest absolute Gasteiger partial charge is 0.336 e. The standard InChI is InChI=1S/C27H23N3O6S/c1-2-23(25(32)30-18-8-6-15-10-11-28-22(15)14-18)37-19-5-3-4-17(13-19)29-24(31)20-9-7-16(26(33)34)12-21(20)27(35)36/h3-14,23,28H,2H2,1H3,(H,29,31)(H,30,32)(H,33,34)(H,35,36). The largest absolute Gasteiger partial charge is 0.478 e. The second kappa shape index (κ2) is 11.0. The van der Waals surface area contributed by atoms with E-state index in [-0.39, 0.29) is 17.0 Å². The number of anilines is 2. The highest BCUT2D eigenvalue weighted by Crippen LogP contribution is 2.29. The summed E-state index contributed by atoms with van der Waals surface area (Å²) in [4.78, 5) is 52.3. The first-order valence-electron chi connectivity index (χ1n) is 11.3. The van der Waals surface area contributed by atoms with Crippen molar-refractivity contribution in [3.63, 3.8) is 0 Å². The van der Waals surface area contributed by atoms with Gasteiger partial charge in [-0.15, -0.1) is 11.8 Å². The van der Waals surface area contributed by atoms with Crippen LogP contribution in [0.1, 0.15) is 44.4 Å². The fraction of sp³-hybridized carbons (Fsp3) is 0.111. The highest BCUT2D eigenvalue weighted by molar-refractivity contribution is 8.00. The second-order valence-electron chi connectivity index (χ2n) is 8.14.